The van der Waals surface area contributed by atoms with Gasteiger partial charge in [-0.05, 0) is 42.3 Å². The molecular weight excluding hydrogens is 347 g/mol. The van der Waals surface area contributed by atoms with Gasteiger partial charge in [0.1, 0.15) is 11.6 Å². The van der Waals surface area contributed by atoms with E-state index >= 15 is 0 Å². The fourth-order valence-electron chi connectivity index (χ4n) is 2.32. The van der Waals surface area contributed by atoms with Crippen LogP contribution < -0.4 is 20.7 Å². The Balaban J connectivity index is 1.81. The second kappa shape index (κ2) is 10.8. The van der Waals surface area contributed by atoms with Gasteiger partial charge in [0.2, 0.25) is 5.91 Å². The Morgan fingerprint density at radius 1 is 1.07 bits per heavy atom. The van der Waals surface area contributed by atoms with Crippen molar-refractivity contribution < 1.29 is 13.9 Å². The molecule has 0 aliphatic heterocycles. The third kappa shape index (κ3) is 7.35. The molecule has 0 atom stereocenters. The standard InChI is InChI=1S/C20H25FN4O2/c1-3-22-20(24-13-16-5-4-6-17(21)11-16)25-14-19(26)23-12-15-7-9-18(27-2)10-8-15/h4-11H,3,12-14H2,1-2H3,(H,23,26)(H2,22,24,25). The zero-order valence-electron chi connectivity index (χ0n) is 15.6. The molecule has 0 radical (unpaired) electrons. The number of amides is 1. The molecular formula is C20H25FN4O2. The maximum Gasteiger partial charge on any atom is 0.239 e. The van der Waals surface area contributed by atoms with E-state index in [-0.39, 0.29) is 18.3 Å². The molecule has 0 spiro atoms. The Morgan fingerprint density at radius 3 is 2.52 bits per heavy atom. The average Bonchev–Trinajstić information content (AvgIpc) is 2.69. The maximum atomic E-state index is 13.2. The summed E-state index contributed by atoms with van der Waals surface area (Å²) in [4.78, 5) is 16.4. The molecule has 0 fully saturated rings. The Morgan fingerprint density at radius 2 is 1.85 bits per heavy atom. The summed E-state index contributed by atoms with van der Waals surface area (Å²) in [5.41, 5.74) is 1.74. The monoisotopic (exact) mass is 372 g/mol. The number of nitrogens with one attached hydrogen (secondary N) is 3. The van der Waals surface area contributed by atoms with Crippen molar-refractivity contribution in [2.45, 2.75) is 20.0 Å². The van der Waals surface area contributed by atoms with Crippen molar-refractivity contribution in [3.05, 3.63) is 65.5 Å². The van der Waals surface area contributed by atoms with Gasteiger partial charge in [0.15, 0.2) is 5.96 Å². The average molecular weight is 372 g/mol. The topological polar surface area (TPSA) is 74.8 Å². The van der Waals surface area contributed by atoms with Crippen LogP contribution in [0.25, 0.3) is 0 Å². The van der Waals surface area contributed by atoms with Gasteiger partial charge in [0.05, 0.1) is 20.2 Å². The summed E-state index contributed by atoms with van der Waals surface area (Å²) in [6, 6.07) is 13.8. The molecule has 2 rings (SSSR count). The second-order valence-corrected chi connectivity index (χ2v) is 5.80. The van der Waals surface area contributed by atoms with Gasteiger partial charge in [-0.1, -0.05) is 24.3 Å². The van der Waals surface area contributed by atoms with Gasteiger partial charge in [0.25, 0.3) is 0 Å². The molecule has 0 unspecified atom stereocenters. The molecule has 6 nitrogen and oxygen atoms in total. The van der Waals surface area contributed by atoms with Gasteiger partial charge in [-0.3, -0.25) is 4.79 Å². The van der Waals surface area contributed by atoms with E-state index in [1.807, 2.05) is 31.2 Å². The third-order valence-corrected chi connectivity index (χ3v) is 3.72. The fraction of sp³-hybridized carbons (Fsp3) is 0.300. The Kier molecular flexibility index (Phi) is 8.09. The Bertz CT molecular complexity index is 763. The first kappa shape index (κ1) is 20.2. The van der Waals surface area contributed by atoms with Crippen LogP contribution in [0.2, 0.25) is 0 Å². The molecule has 0 bridgehead atoms. The summed E-state index contributed by atoms with van der Waals surface area (Å²) in [6.07, 6.45) is 0. The number of hydrogen-bond acceptors (Lipinski definition) is 3. The van der Waals surface area contributed by atoms with Crippen LogP contribution in [-0.4, -0.2) is 32.1 Å². The molecule has 2 aromatic rings. The van der Waals surface area contributed by atoms with Crippen LogP contribution >= 0.6 is 0 Å². The predicted molar refractivity (Wildman–Crippen MR) is 104 cm³/mol. The first-order valence-corrected chi connectivity index (χ1v) is 8.77. The zero-order chi connectivity index (χ0) is 19.5. The van der Waals surface area contributed by atoms with Gasteiger partial charge in [-0.15, -0.1) is 0 Å². The lowest BCUT2D eigenvalue weighted by Gasteiger charge is -2.12. The highest BCUT2D eigenvalue weighted by molar-refractivity contribution is 5.86. The number of rotatable bonds is 8. The van der Waals surface area contributed by atoms with Crippen molar-refractivity contribution in [3.8, 4) is 5.75 Å². The molecule has 7 heteroatoms. The van der Waals surface area contributed by atoms with Crippen molar-refractivity contribution in [1.29, 1.82) is 0 Å². The number of carbonyl (C=O) groups excluding carboxylic acids is 1. The fourth-order valence-corrected chi connectivity index (χ4v) is 2.32. The molecule has 2 aromatic carbocycles. The molecule has 0 saturated heterocycles. The lowest BCUT2D eigenvalue weighted by Crippen LogP contribution is -2.43. The van der Waals surface area contributed by atoms with Gasteiger partial charge in [-0.2, -0.15) is 0 Å². The lowest BCUT2D eigenvalue weighted by molar-refractivity contribution is -0.120. The van der Waals surface area contributed by atoms with E-state index in [4.69, 9.17) is 4.74 Å². The molecule has 0 heterocycles. The molecule has 0 aliphatic rings. The van der Waals surface area contributed by atoms with Crippen LogP contribution in [0.4, 0.5) is 4.39 Å². The van der Waals surface area contributed by atoms with Crippen LogP contribution in [0.3, 0.4) is 0 Å². The highest BCUT2D eigenvalue weighted by atomic mass is 19.1. The normalized spacial score (nSPS) is 11.0. The van der Waals surface area contributed by atoms with E-state index < -0.39 is 0 Å². The molecule has 144 valence electrons. The highest BCUT2D eigenvalue weighted by Gasteiger charge is 2.04. The smallest absolute Gasteiger partial charge is 0.239 e. The SMILES string of the molecule is CCNC(=NCc1cccc(F)c1)NCC(=O)NCc1ccc(OC)cc1. The lowest BCUT2D eigenvalue weighted by atomic mass is 10.2. The van der Waals surface area contributed by atoms with Gasteiger partial charge < -0.3 is 20.7 Å². The number of guanidine groups is 1. The second-order valence-electron chi connectivity index (χ2n) is 5.80. The van der Waals surface area contributed by atoms with Crippen LogP contribution in [0.1, 0.15) is 18.1 Å². The summed E-state index contributed by atoms with van der Waals surface area (Å²) < 4.78 is 18.3. The summed E-state index contributed by atoms with van der Waals surface area (Å²) in [5.74, 6) is 0.832. The molecule has 1 amide bonds. The van der Waals surface area contributed by atoms with Crippen molar-refractivity contribution >= 4 is 11.9 Å². The zero-order valence-corrected chi connectivity index (χ0v) is 15.6. The number of ether oxygens (including phenoxy) is 1. The number of halogens is 1. The van der Waals surface area contributed by atoms with E-state index in [0.717, 1.165) is 16.9 Å². The minimum Gasteiger partial charge on any atom is -0.497 e. The molecule has 0 aromatic heterocycles. The number of benzene rings is 2. The minimum atomic E-state index is -0.293. The maximum absolute atomic E-state index is 13.2. The van der Waals surface area contributed by atoms with Crippen molar-refractivity contribution in [2.24, 2.45) is 4.99 Å². The Labute approximate surface area is 158 Å². The molecule has 27 heavy (non-hydrogen) atoms. The minimum absolute atomic E-state index is 0.0884. The third-order valence-electron chi connectivity index (χ3n) is 3.72. The quantitative estimate of drug-likeness (QED) is 0.491. The summed E-state index contributed by atoms with van der Waals surface area (Å²) in [7, 11) is 1.61. The van der Waals surface area contributed by atoms with Crippen LogP contribution in [0.15, 0.2) is 53.5 Å². The molecule has 0 aliphatic carbocycles. The molecule has 0 saturated carbocycles. The van der Waals surface area contributed by atoms with E-state index in [1.165, 1.54) is 12.1 Å². The number of carbonyl (C=O) groups is 1. The van der Waals surface area contributed by atoms with E-state index in [9.17, 15) is 9.18 Å². The number of aliphatic imine (C=N–C) groups is 1. The summed E-state index contributed by atoms with van der Waals surface area (Å²) >= 11 is 0. The van der Waals surface area contributed by atoms with Crippen LogP contribution in [0.5, 0.6) is 5.75 Å². The van der Waals surface area contributed by atoms with Gasteiger partial charge in [0, 0.05) is 13.1 Å². The Hall–Kier alpha value is -3.09. The van der Waals surface area contributed by atoms with E-state index in [1.54, 1.807) is 19.2 Å². The predicted octanol–water partition coefficient (Wildman–Crippen LogP) is 2.21. The van der Waals surface area contributed by atoms with E-state index in [0.29, 0.717) is 25.6 Å². The van der Waals surface area contributed by atoms with Crippen molar-refractivity contribution in [1.82, 2.24) is 16.0 Å². The highest BCUT2D eigenvalue weighted by Crippen LogP contribution is 2.10. The van der Waals surface area contributed by atoms with E-state index in [2.05, 4.69) is 20.9 Å². The van der Waals surface area contributed by atoms with Gasteiger partial charge >= 0.3 is 0 Å². The number of nitrogens with zero attached hydrogens (tertiary/aromatic N) is 1. The summed E-state index contributed by atoms with van der Waals surface area (Å²) in [6.45, 7) is 3.43. The van der Waals surface area contributed by atoms with Crippen LogP contribution in [0, 0.1) is 5.82 Å². The first-order chi connectivity index (χ1) is 13.1. The summed E-state index contributed by atoms with van der Waals surface area (Å²) in [5, 5.41) is 8.87. The van der Waals surface area contributed by atoms with Crippen LogP contribution in [-0.2, 0) is 17.9 Å². The largest absolute Gasteiger partial charge is 0.497 e. The van der Waals surface area contributed by atoms with Crippen molar-refractivity contribution in [3.63, 3.8) is 0 Å². The number of methoxy groups -OCH3 is 1. The van der Waals surface area contributed by atoms with Crippen molar-refractivity contribution in [2.75, 3.05) is 20.2 Å². The first-order valence-electron chi connectivity index (χ1n) is 8.77. The van der Waals surface area contributed by atoms with Gasteiger partial charge in [-0.25, -0.2) is 9.38 Å². The number of hydrogen-bond donors (Lipinski definition) is 3. The molecule has 3 N–H and O–H groups in total.